The van der Waals surface area contributed by atoms with Gasteiger partial charge in [-0.05, 0) is 54.2 Å². The summed E-state index contributed by atoms with van der Waals surface area (Å²) in [6.45, 7) is 5.77. The molecular weight excluding hydrogens is 358 g/mol. The highest BCUT2D eigenvalue weighted by Gasteiger charge is 2.53. The van der Waals surface area contributed by atoms with Gasteiger partial charge in [0.15, 0.2) is 0 Å². The van der Waals surface area contributed by atoms with Gasteiger partial charge < -0.3 is 5.11 Å². The average molecular weight is 377 g/mol. The van der Waals surface area contributed by atoms with E-state index in [-0.39, 0.29) is 23.3 Å². The van der Waals surface area contributed by atoms with Gasteiger partial charge in [-0.25, -0.2) is 4.79 Å². The molecule has 1 fully saturated rings. The Morgan fingerprint density at radius 3 is 2.72 bits per heavy atom. The SMILES string of the molecule is Cc1ccc(S/C=C/C2=C(C(=O)O)N3C(=O)C(C)C3S(=O)C2)cc1C. The van der Waals surface area contributed by atoms with Gasteiger partial charge in [-0.2, -0.15) is 0 Å². The Morgan fingerprint density at radius 1 is 1.36 bits per heavy atom. The molecule has 1 aromatic rings. The van der Waals surface area contributed by atoms with Crippen molar-refractivity contribution >= 4 is 34.4 Å². The number of rotatable bonds is 4. The Morgan fingerprint density at radius 2 is 2.08 bits per heavy atom. The average Bonchev–Trinajstić information content (AvgIpc) is 2.56. The molecule has 1 amide bonds. The van der Waals surface area contributed by atoms with Crippen LogP contribution < -0.4 is 0 Å². The Kier molecular flexibility index (Phi) is 4.88. The summed E-state index contributed by atoms with van der Waals surface area (Å²) in [6.07, 6.45) is 1.66. The monoisotopic (exact) mass is 377 g/mol. The van der Waals surface area contributed by atoms with E-state index in [0.29, 0.717) is 5.57 Å². The molecule has 1 N–H and O–H groups in total. The molecule has 3 atom stereocenters. The second-order valence-electron chi connectivity index (χ2n) is 6.26. The lowest BCUT2D eigenvalue weighted by atomic mass is 9.98. The molecule has 3 rings (SSSR count). The maximum Gasteiger partial charge on any atom is 0.352 e. The highest BCUT2D eigenvalue weighted by Crippen LogP contribution is 2.38. The molecule has 2 heterocycles. The molecule has 3 unspecified atom stereocenters. The second-order valence-corrected chi connectivity index (χ2v) is 8.77. The number of allylic oxidation sites excluding steroid dienone is 1. The summed E-state index contributed by atoms with van der Waals surface area (Å²) in [5.74, 6) is -1.66. The predicted octanol–water partition coefficient (Wildman–Crippen LogP) is 2.81. The summed E-state index contributed by atoms with van der Waals surface area (Å²) in [5.41, 5.74) is 2.79. The minimum absolute atomic E-state index is 0.0374. The number of aliphatic carboxylic acids is 1. The van der Waals surface area contributed by atoms with Crippen molar-refractivity contribution in [3.63, 3.8) is 0 Å². The Labute approximate surface area is 153 Å². The molecule has 0 spiro atoms. The van der Waals surface area contributed by atoms with Gasteiger partial charge in [0.05, 0.1) is 11.7 Å². The highest BCUT2D eigenvalue weighted by atomic mass is 32.2. The summed E-state index contributed by atoms with van der Waals surface area (Å²) in [5, 5.41) is 10.8. The molecule has 0 aliphatic carbocycles. The minimum Gasteiger partial charge on any atom is -0.477 e. The van der Waals surface area contributed by atoms with Crippen molar-refractivity contribution in [1.82, 2.24) is 4.90 Å². The van der Waals surface area contributed by atoms with Crippen LogP contribution in [0.3, 0.4) is 0 Å². The number of carboxylic acid groups (broad SMARTS) is 1. The smallest absolute Gasteiger partial charge is 0.352 e. The topological polar surface area (TPSA) is 74.7 Å². The molecule has 0 saturated carbocycles. The number of benzene rings is 1. The predicted molar refractivity (Wildman–Crippen MR) is 98.4 cm³/mol. The first kappa shape index (κ1) is 17.9. The van der Waals surface area contributed by atoms with Gasteiger partial charge in [0, 0.05) is 15.7 Å². The number of hydrogen-bond donors (Lipinski definition) is 1. The fourth-order valence-electron chi connectivity index (χ4n) is 3.00. The van der Waals surface area contributed by atoms with E-state index in [4.69, 9.17) is 0 Å². The van der Waals surface area contributed by atoms with Crippen LogP contribution in [-0.4, -0.2) is 37.2 Å². The van der Waals surface area contributed by atoms with Crippen LogP contribution in [0, 0.1) is 19.8 Å². The fraction of sp³-hybridized carbons (Fsp3) is 0.333. The van der Waals surface area contributed by atoms with Crippen LogP contribution in [-0.2, 0) is 20.4 Å². The number of hydrogen-bond acceptors (Lipinski definition) is 4. The van der Waals surface area contributed by atoms with E-state index in [0.717, 1.165) is 4.90 Å². The van der Waals surface area contributed by atoms with Crippen LogP contribution in [0.2, 0.25) is 0 Å². The van der Waals surface area contributed by atoms with Gasteiger partial charge in [-0.1, -0.05) is 24.8 Å². The summed E-state index contributed by atoms with van der Waals surface area (Å²) >= 11 is 1.46. The second kappa shape index (κ2) is 6.80. The van der Waals surface area contributed by atoms with Crippen molar-refractivity contribution in [3.05, 3.63) is 52.1 Å². The third-order valence-corrected chi connectivity index (χ3v) is 7.13. The molecule has 2 aliphatic heterocycles. The van der Waals surface area contributed by atoms with E-state index in [1.54, 1.807) is 18.4 Å². The third kappa shape index (κ3) is 3.18. The maximum absolute atomic E-state index is 12.4. The molecule has 7 heteroatoms. The van der Waals surface area contributed by atoms with Gasteiger partial charge in [0.1, 0.15) is 11.1 Å². The molecule has 2 aliphatic rings. The Hall–Kier alpha value is -1.86. The number of nitrogens with zero attached hydrogens (tertiary/aromatic N) is 1. The molecule has 1 aromatic carbocycles. The number of aryl methyl sites for hydroxylation is 2. The molecule has 25 heavy (non-hydrogen) atoms. The van der Waals surface area contributed by atoms with Crippen molar-refractivity contribution in [2.24, 2.45) is 5.92 Å². The van der Waals surface area contributed by atoms with Crippen molar-refractivity contribution in [2.45, 2.75) is 31.0 Å². The Balaban J connectivity index is 1.86. The fourth-order valence-corrected chi connectivity index (χ4v) is 5.51. The van der Waals surface area contributed by atoms with Crippen molar-refractivity contribution in [2.75, 3.05) is 5.75 Å². The first-order valence-electron chi connectivity index (χ1n) is 7.88. The number of amides is 1. The summed E-state index contributed by atoms with van der Waals surface area (Å²) in [4.78, 5) is 25.9. The standard InChI is InChI=1S/C18H19NO4S2/c1-10-4-5-14(8-11(10)2)24-7-6-13-9-25(23)17-12(3)16(20)19(17)15(13)18(21)22/h4-8,12,17H,9H2,1-3H3,(H,21,22)/b7-6+. The molecule has 1 saturated heterocycles. The number of carbonyl (C=O) groups excluding carboxylic acids is 1. The molecular formula is C18H19NO4S2. The van der Waals surface area contributed by atoms with Gasteiger partial charge in [0.25, 0.3) is 0 Å². The van der Waals surface area contributed by atoms with E-state index in [1.807, 2.05) is 26.0 Å². The lowest BCUT2D eigenvalue weighted by Gasteiger charge is -2.47. The normalized spacial score (nSPS) is 26.0. The van der Waals surface area contributed by atoms with Crippen LogP contribution in [0.1, 0.15) is 18.1 Å². The van der Waals surface area contributed by atoms with Gasteiger partial charge in [-0.15, -0.1) is 0 Å². The van der Waals surface area contributed by atoms with Gasteiger partial charge in [0.2, 0.25) is 5.91 Å². The summed E-state index contributed by atoms with van der Waals surface area (Å²) in [6, 6.07) is 6.10. The first-order chi connectivity index (χ1) is 11.8. The third-order valence-electron chi connectivity index (χ3n) is 4.58. The van der Waals surface area contributed by atoms with Crippen LogP contribution in [0.5, 0.6) is 0 Å². The summed E-state index contributed by atoms with van der Waals surface area (Å²) in [7, 11) is -1.28. The van der Waals surface area contributed by atoms with E-state index < -0.39 is 22.1 Å². The van der Waals surface area contributed by atoms with E-state index >= 15 is 0 Å². The van der Waals surface area contributed by atoms with Gasteiger partial charge >= 0.3 is 5.97 Å². The first-order valence-corrected chi connectivity index (χ1v) is 10.1. The molecule has 0 aromatic heterocycles. The zero-order valence-electron chi connectivity index (χ0n) is 14.2. The van der Waals surface area contributed by atoms with Crippen molar-refractivity contribution in [3.8, 4) is 0 Å². The van der Waals surface area contributed by atoms with Crippen LogP contribution in [0.25, 0.3) is 0 Å². The zero-order valence-corrected chi connectivity index (χ0v) is 15.8. The number of carbonyl (C=O) groups is 2. The van der Waals surface area contributed by atoms with Crippen LogP contribution in [0.4, 0.5) is 0 Å². The lowest BCUT2D eigenvalue weighted by Crippen LogP contribution is -2.64. The maximum atomic E-state index is 12.4. The number of carboxylic acids is 1. The van der Waals surface area contributed by atoms with Crippen LogP contribution in [0.15, 0.2) is 45.8 Å². The zero-order chi connectivity index (χ0) is 18.3. The highest BCUT2D eigenvalue weighted by molar-refractivity contribution is 8.02. The van der Waals surface area contributed by atoms with E-state index in [1.165, 1.54) is 27.8 Å². The number of thioether (sulfide) groups is 1. The largest absolute Gasteiger partial charge is 0.477 e. The molecule has 132 valence electrons. The van der Waals surface area contributed by atoms with Gasteiger partial charge in [-0.3, -0.25) is 13.9 Å². The van der Waals surface area contributed by atoms with Crippen molar-refractivity contribution in [1.29, 1.82) is 0 Å². The Bertz CT molecular complexity index is 843. The number of β-lactam (4-membered cyclic amide) rings is 1. The lowest BCUT2D eigenvalue weighted by molar-refractivity contribution is -0.151. The molecule has 0 radical (unpaired) electrons. The molecule has 5 nitrogen and oxygen atoms in total. The number of fused-ring (bicyclic) bond motifs is 1. The van der Waals surface area contributed by atoms with E-state index in [2.05, 4.69) is 6.07 Å². The summed E-state index contributed by atoms with van der Waals surface area (Å²) < 4.78 is 12.4. The molecule has 0 bridgehead atoms. The van der Waals surface area contributed by atoms with Crippen LogP contribution >= 0.6 is 11.8 Å². The van der Waals surface area contributed by atoms with E-state index in [9.17, 15) is 18.9 Å². The van der Waals surface area contributed by atoms with Crippen molar-refractivity contribution < 1.29 is 18.9 Å². The minimum atomic E-state index is -1.28. The quantitative estimate of drug-likeness (QED) is 0.645.